The summed E-state index contributed by atoms with van der Waals surface area (Å²) < 4.78 is 12.5. The zero-order valence-electron chi connectivity index (χ0n) is 15.0. The van der Waals surface area contributed by atoms with Gasteiger partial charge in [-0.05, 0) is 65.8 Å². The maximum Gasteiger partial charge on any atom is 0.372 e. The van der Waals surface area contributed by atoms with E-state index in [1.165, 1.54) is 27.4 Å². The van der Waals surface area contributed by atoms with Crippen LogP contribution >= 0.6 is 0 Å². The summed E-state index contributed by atoms with van der Waals surface area (Å²) in [6, 6.07) is 16.0. The van der Waals surface area contributed by atoms with Gasteiger partial charge in [-0.3, -0.25) is 0 Å². The molecule has 25 heavy (non-hydrogen) atoms. The molecular weight excluding hydrogens is 328 g/mol. The van der Waals surface area contributed by atoms with Crippen molar-refractivity contribution < 1.29 is 8.85 Å². The van der Waals surface area contributed by atoms with E-state index in [1.54, 1.807) is 7.11 Å². The van der Waals surface area contributed by atoms with Crippen molar-refractivity contribution in [3.63, 3.8) is 0 Å². The summed E-state index contributed by atoms with van der Waals surface area (Å²) in [5, 5.41) is 1.26. The third-order valence-corrected chi connectivity index (χ3v) is 8.62. The topological polar surface area (TPSA) is 70.5 Å². The average Bonchev–Trinajstić information content (AvgIpc) is 3.04. The van der Waals surface area contributed by atoms with Gasteiger partial charge >= 0.3 is 8.56 Å². The van der Waals surface area contributed by atoms with Gasteiger partial charge in [0.05, 0.1) is 0 Å². The lowest BCUT2D eigenvalue weighted by Crippen LogP contribution is -2.55. The van der Waals surface area contributed by atoms with Gasteiger partial charge in [0, 0.05) is 13.7 Å². The first-order valence-corrected chi connectivity index (χ1v) is 11.1. The minimum absolute atomic E-state index is 0.628. The number of benzene rings is 2. The number of hydrogen-bond acceptors (Lipinski definition) is 4. The lowest BCUT2D eigenvalue weighted by molar-refractivity contribution is 0.209. The fourth-order valence-corrected chi connectivity index (χ4v) is 7.01. The highest BCUT2D eigenvalue weighted by molar-refractivity contribution is 6.81. The molecule has 0 bridgehead atoms. The molecule has 4 nitrogen and oxygen atoms in total. The predicted molar refractivity (Wildman–Crippen MR) is 105 cm³/mol. The molecule has 0 amide bonds. The van der Waals surface area contributed by atoms with Crippen molar-refractivity contribution in [2.75, 3.05) is 26.8 Å². The average molecular weight is 357 g/mol. The summed E-state index contributed by atoms with van der Waals surface area (Å²) in [4.78, 5) is 0. The molecule has 1 unspecified atom stereocenters. The third-order valence-electron chi connectivity index (χ3n) is 4.98. The van der Waals surface area contributed by atoms with E-state index in [9.17, 15) is 0 Å². The molecule has 0 heterocycles. The third kappa shape index (κ3) is 3.56. The lowest BCUT2D eigenvalue weighted by atomic mass is 10.1. The fourth-order valence-electron chi connectivity index (χ4n) is 3.72. The molecule has 2 aromatic carbocycles. The van der Waals surface area contributed by atoms with E-state index in [-0.39, 0.29) is 0 Å². The Morgan fingerprint density at radius 1 is 0.960 bits per heavy atom. The van der Waals surface area contributed by atoms with Crippen molar-refractivity contribution in [2.45, 2.75) is 25.3 Å². The van der Waals surface area contributed by atoms with Crippen molar-refractivity contribution in [3.05, 3.63) is 53.6 Å². The van der Waals surface area contributed by atoms with E-state index >= 15 is 0 Å². The first-order valence-electron chi connectivity index (χ1n) is 9.05. The van der Waals surface area contributed by atoms with E-state index in [1.807, 2.05) is 0 Å². The number of rotatable bonds is 9. The molecule has 5 heteroatoms. The van der Waals surface area contributed by atoms with E-state index < -0.39 is 8.56 Å². The molecule has 0 aliphatic heterocycles. The maximum atomic E-state index is 6.41. The molecule has 2 aromatic rings. The van der Waals surface area contributed by atoms with Gasteiger partial charge in [-0.25, -0.2) is 0 Å². The molecule has 1 aliphatic carbocycles. The normalized spacial score (nSPS) is 14.8. The molecule has 0 spiro atoms. The van der Waals surface area contributed by atoms with Gasteiger partial charge < -0.3 is 20.3 Å². The van der Waals surface area contributed by atoms with Crippen molar-refractivity contribution in [1.82, 2.24) is 0 Å². The molecule has 0 saturated carbocycles. The Morgan fingerprint density at radius 2 is 1.72 bits per heavy atom. The number of fused-ring (bicyclic) bond motifs is 3. The zero-order chi connectivity index (χ0) is 17.7. The quantitative estimate of drug-likeness (QED) is 0.456. The van der Waals surface area contributed by atoms with E-state index in [0.29, 0.717) is 19.7 Å². The molecule has 0 aromatic heterocycles. The van der Waals surface area contributed by atoms with Crippen LogP contribution in [0.15, 0.2) is 42.5 Å². The van der Waals surface area contributed by atoms with Gasteiger partial charge in [-0.2, -0.15) is 0 Å². The summed E-state index contributed by atoms with van der Waals surface area (Å²) in [5.41, 5.74) is 16.8. The first kappa shape index (κ1) is 18.3. The van der Waals surface area contributed by atoms with Gasteiger partial charge in [-0.1, -0.05) is 42.5 Å². The van der Waals surface area contributed by atoms with Crippen LogP contribution in [0.4, 0.5) is 0 Å². The highest BCUT2D eigenvalue weighted by atomic mass is 28.4. The van der Waals surface area contributed by atoms with Crippen LogP contribution in [-0.4, -0.2) is 35.4 Å². The Morgan fingerprint density at radius 3 is 2.48 bits per heavy atom. The van der Waals surface area contributed by atoms with Gasteiger partial charge in [0.2, 0.25) is 0 Å². The minimum atomic E-state index is -2.54. The van der Waals surface area contributed by atoms with Crippen LogP contribution in [0.3, 0.4) is 0 Å². The SMILES string of the molecule is CO[Si](CCCN)(OCCCN)c1cccc2c1Cc1ccccc1-2. The van der Waals surface area contributed by atoms with Crippen molar-refractivity contribution in [3.8, 4) is 11.1 Å². The second kappa shape index (κ2) is 8.25. The Balaban J connectivity index is 2.02. The van der Waals surface area contributed by atoms with Gasteiger partial charge in [-0.15, -0.1) is 0 Å². The monoisotopic (exact) mass is 356 g/mol. The molecule has 134 valence electrons. The molecule has 0 saturated heterocycles. The van der Waals surface area contributed by atoms with Crippen LogP contribution in [0.25, 0.3) is 11.1 Å². The summed E-state index contributed by atoms with van der Waals surface area (Å²) in [7, 11) is -0.751. The van der Waals surface area contributed by atoms with Crippen molar-refractivity contribution >= 4 is 13.7 Å². The highest BCUT2D eigenvalue weighted by Crippen LogP contribution is 2.36. The molecule has 4 N–H and O–H groups in total. The highest BCUT2D eigenvalue weighted by Gasteiger charge is 2.41. The minimum Gasteiger partial charge on any atom is -0.394 e. The van der Waals surface area contributed by atoms with Crippen LogP contribution < -0.4 is 16.7 Å². The Hall–Kier alpha value is -1.50. The lowest BCUT2D eigenvalue weighted by Gasteiger charge is -2.31. The van der Waals surface area contributed by atoms with Crippen LogP contribution in [-0.2, 0) is 15.3 Å². The number of hydrogen-bond donors (Lipinski definition) is 2. The standard InChI is InChI=1S/C20H28N2O2Si/c1-23-25(14-6-12-22,24-13-5-11-21)20-10-4-9-18-17-8-3-2-7-16(17)15-19(18)20/h2-4,7-10H,5-6,11-15,21-22H2,1H3. The largest absolute Gasteiger partial charge is 0.394 e. The predicted octanol–water partition coefficient (Wildman–Crippen LogP) is 2.27. The summed E-state index contributed by atoms with van der Waals surface area (Å²) in [5.74, 6) is 0. The second-order valence-corrected chi connectivity index (χ2v) is 9.75. The Kier molecular flexibility index (Phi) is 6.04. The van der Waals surface area contributed by atoms with Crippen molar-refractivity contribution in [1.29, 1.82) is 0 Å². The number of nitrogens with two attached hydrogens (primary N) is 2. The first-order chi connectivity index (χ1) is 12.3. The summed E-state index contributed by atoms with van der Waals surface area (Å²) >= 11 is 0. The smallest absolute Gasteiger partial charge is 0.372 e. The Bertz CT molecular complexity index is 723. The Labute approximate surface area is 151 Å². The van der Waals surface area contributed by atoms with Crippen LogP contribution in [0, 0.1) is 0 Å². The molecule has 0 radical (unpaired) electrons. The van der Waals surface area contributed by atoms with Crippen molar-refractivity contribution in [2.24, 2.45) is 11.5 Å². The fraction of sp³-hybridized carbons (Fsp3) is 0.400. The molecule has 0 fully saturated rings. The molecular formula is C20H28N2O2Si. The van der Waals surface area contributed by atoms with E-state index in [2.05, 4.69) is 42.5 Å². The van der Waals surface area contributed by atoms with Crippen LogP contribution in [0.2, 0.25) is 6.04 Å². The zero-order valence-corrected chi connectivity index (χ0v) is 16.0. The molecule has 3 rings (SSSR count). The van der Waals surface area contributed by atoms with Gasteiger partial charge in [0.15, 0.2) is 0 Å². The van der Waals surface area contributed by atoms with Gasteiger partial charge in [0.1, 0.15) is 0 Å². The van der Waals surface area contributed by atoms with Gasteiger partial charge in [0.25, 0.3) is 0 Å². The van der Waals surface area contributed by atoms with Crippen LogP contribution in [0.5, 0.6) is 0 Å². The molecule has 1 atom stereocenters. The van der Waals surface area contributed by atoms with E-state index in [0.717, 1.165) is 25.3 Å². The maximum absolute atomic E-state index is 6.41. The van der Waals surface area contributed by atoms with E-state index in [4.69, 9.17) is 20.3 Å². The van der Waals surface area contributed by atoms with Crippen LogP contribution in [0.1, 0.15) is 24.0 Å². The summed E-state index contributed by atoms with van der Waals surface area (Å²) in [6.07, 6.45) is 2.69. The summed E-state index contributed by atoms with van der Waals surface area (Å²) in [6.45, 7) is 1.91. The molecule has 1 aliphatic rings. The second-order valence-electron chi connectivity index (χ2n) is 6.51.